The summed E-state index contributed by atoms with van der Waals surface area (Å²) in [5, 5.41) is 0. The van der Waals surface area contributed by atoms with Gasteiger partial charge in [-0.1, -0.05) is 12.1 Å². The smallest absolute Gasteiger partial charge is 0.122 e. The van der Waals surface area contributed by atoms with E-state index >= 15 is 0 Å². The van der Waals surface area contributed by atoms with Crippen molar-refractivity contribution in [3.05, 3.63) is 29.3 Å². The largest absolute Gasteiger partial charge is 0.496 e. The van der Waals surface area contributed by atoms with Crippen molar-refractivity contribution in [3.63, 3.8) is 0 Å². The number of methoxy groups -OCH3 is 1. The van der Waals surface area contributed by atoms with Crippen molar-refractivity contribution in [2.45, 2.75) is 19.4 Å². The summed E-state index contributed by atoms with van der Waals surface area (Å²) in [5.74, 6) is 0.939. The van der Waals surface area contributed by atoms with Crippen molar-refractivity contribution in [1.82, 2.24) is 0 Å². The monoisotopic (exact) mass is 178 g/mol. The van der Waals surface area contributed by atoms with Crippen molar-refractivity contribution in [1.29, 1.82) is 0 Å². The molecule has 1 aromatic carbocycles. The highest BCUT2D eigenvalue weighted by molar-refractivity contribution is 5.40. The number of benzene rings is 1. The van der Waals surface area contributed by atoms with E-state index in [-0.39, 0.29) is 5.60 Å². The Bertz CT molecular complexity index is 327. The zero-order chi connectivity index (χ0) is 9.47. The van der Waals surface area contributed by atoms with Crippen LogP contribution in [0.5, 0.6) is 5.75 Å². The molecule has 0 spiro atoms. The van der Waals surface area contributed by atoms with E-state index in [0.717, 1.165) is 17.9 Å². The first-order chi connectivity index (χ1) is 6.15. The molecule has 0 aromatic heterocycles. The Balaban J connectivity index is 2.39. The molecule has 1 atom stereocenters. The Kier molecular flexibility index (Phi) is 1.81. The molecule has 1 aromatic rings. The molecule has 0 bridgehead atoms. The zero-order valence-corrected chi connectivity index (χ0v) is 8.26. The molecule has 0 saturated carbocycles. The normalized spacial score (nSPS) is 25.8. The van der Waals surface area contributed by atoms with Crippen molar-refractivity contribution in [2.75, 3.05) is 13.7 Å². The second kappa shape index (κ2) is 2.74. The van der Waals surface area contributed by atoms with Crippen molar-refractivity contribution in [2.24, 2.45) is 0 Å². The van der Waals surface area contributed by atoms with Crippen LogP contribution in [0.1, 0.15) is 18.1 Å². The van der Waals surface area contributed by atoms with Gasteiger partial charge in [-0.25, -0.2) is 0 Å². The van der Waals surface area contributed by atoms with Crippen LogP contribution in [0.25, 0.3) is 0 Å². The molecule has 0 N–H and O–H groups in total. The highest BCUT2D eigenvalue weighted by atomic mass is 16.6. The topological polar surface area (TPSA) is 21.8 Å². The Labute approximate surface area is 78.5 Å². The summed E-state index contributed by atoms with van der Waals surface area (Å²) < 4.78 is 10.6. The van der Waals surface area contributed by atoms with Gasteiger partial charge in [0.25, 0.3) is 0 Å². The minimum absolute atomic E-state index is 0.0546. The molecular weight excluding hydrogens is 164 g/mol. The molecular formula is C11H14O2. The molecule has 0 amide bonds. The fourth-order valence-electron chi connectivity index (χ4n) is 1.42. The molecule has 70 valence electrons. The number of rotatable bonds is 2. The summed E-state index contributed by atoms with van der Waals surface area (Å²) in [6.07, 6.45) is 0. The quantitative estimate of drug-likeness (QED) is 0.648. The van der Waals surface area contributed by atoms with Crippen molar-refractivity contribution < 1.29 is 9.47 Å². The fourth-order valence-corrected chi connectivity index (χ4v) is 1.42. The fraction of sp³-hybridized carbons (Fsp3) is 0.455. The molecule has 1 unspecified atom stereocenters. The standard InChI is InChI=1S/C11H14O2/c1-8-4-5-9(6-10(8)12-3)11(2)7-13-11/h4-6H,7H2,1-3H3. The van der Waals surface area contributed by atoms with Gasteiger partial charge in [0.1, 0.15) is 11.4 Å². The van der Waals surface area contributed by atoms with Gasteiger partial charge >= 0.3 is 0 Å². The summed E-state index contributed by atoms with van der Waals surface area (Å²) in [4.78, 5) is 0. The third-order valence-corrected chi connectivity index (χ3v) is 2.60. The molecule has 2 nitrogen and oxygen atoms in total. The molecule has 0 radical (unpaired) electrons. The lowest BCUT2D eigenvalue weighted by atomic mass is 10.0. The van der Waals surface area contributed by atoms with E-state index in [0.29, 0.717) is 0 Å². The molecule has 1 aliphatic heterocycles. The lowest BCUT2D eigenvalue weighted by Crippen LogP contribution is -2.02. The van der Waals surface area contributed by atoms with Gasteiger partial charge in [-0.3, -0.25) is 0 Å². The number of aryl methyl sites for hydroxylation is 1. The van der Waals surface area contributed by atoms with Gasteiger partial charge in [-0.2, -0.15) is 0 Å². The summed E-state index contributed by atoms with van der Waals surface area (Å²) in [6, 6.07) is 6.23. The van der Waals surface area contributed by atoms with E-state index in [9.17, 15) is 0 Å². The van der Waals surface area contributed by atoms with Crippen LogP contribution in [-0.4, -0.2) is 13.7 Å². The van der Waals surface area contributed by atoms with Crippen LogP contribution in [0.4, 0.5) is 0 Å². The van der Waals surface area contributed by atoms with E-state index in [1.54, 1.807) is 7.11 Å². The van der Waals surface area contributed by atoms with Crippen LogP contribution in [0.2, 0.25) is 0 Å². The van der Waals surface area contributed by atoms with E-state index in [1.165, 1.54) is 5.56 Å². The van der Waals surface area contributed by atoms with Gasteiger partial charge in [-0.05, 0) is 31.0 Å². The molecule has 1 heterocycles. The second-order valence-corrected chi connectivity index (χ2v) is 3.70. The Morgan fingerprint density at radius 2 is 2.15 bits per heavy atom. The Morgan fingerprint density at radius 1 is 1.46 bits per heavy atom. The van der Waals surface area contributed by atoms with E-state index < -0.39 is 0 Å². The van der Waals surface area contributed by atoms with Crippen LogP contribution < -0.4 is 4.74 Å². The molecule has 0 aliphatic carbocycles. The third-order valence-electron chi connectivity index (χ3n) is 2.60. The van der Waals surface area contributed by atoms with Crippen LogP contribution in [0.15, 0.2) is 18.2 Å². The maximum Gasteiger partial charge on any atom is 0.122 e. The van der Waals surface area contributed by atoms with E-state index in [1.807, 2.05) is 6.92 Å². The van der Waals surface area contributed by atoms with E-state index in [2.05, 4.69) is 25.1 Å². The average Bonchev–Trinajstić information content (AvgIpc) is 2.86. The molecule has 2 heteroatoms. The first-order valence-corrected chi connectivity index (χ1v) is 4.45. The molecule has 1 saturated heterocycles. The van der Waals surface area contributed by atoms with Crippen LogP contribution in [0.3, 0.4) is 0 Å². The van der Waals surface area contributed by atoms with Crippen LogP contribution >= 0.6 is 0 Å². The first-order valence-electron chi connectivity index (χ1n) is 4.45. The maximum absolute atomic E-state index is 5.37. The average molecular weight is 178 g/mol. The first kappa shape index (κ1) is 8.57. The Hall–Kier alpha value is -1.02. The van der Waals surface area contributed by atoms with Gasteiger partial charge in [0, 0.05) is 0 Å². The van der Waals surface area contributed by atoms with Gasteiger partial charge in [0.2, 0.25) is 0 Å². The predicted octanol–water partition coefficient (Wildman–Crippen LogP) is 2.25. The molecule has 13 heavy (non-hydrogen) atoms. The van der Waals surface area contributed by atoms with Crippen molar-refractivity contribution >= 4 is 0 Å². The van der Waals surface area contributed by atoms with Gasteiger partial charge in [-0.15, -0.1) is 0 Å². The van der Waals surface area contributed by atoms with Crippen molar-refractivity contribution in [3.8, 4) is 5.75 Å². The molecule has 2 rings (SSSR count). The maximum atomic E-state index is 5.37. The predicted molar refractivity (Wildman–Crippen MR) is 51.0 cm³/mol. The summed E-state index contributed by atoms with van der Waals surface area (Å²) >= 11 is 0. The highest BCUT2D eigenvalue weighted by Crippen LogP contribution is 2.39. The van der Waals surface area contributed by atoms with Gasteiger partial charge in [0.05, 0.1) is 13.7 Å². The molecule has 1 fully saturated rings. The van der Waals surface area contributed by atoms with Gasteiger partial charge in [0.15, 0.2) is 0 Å². The third kappa shape index (κ3) is 1.42. The number of epoxide rings is 1. The van der Waals surface area contributed by atoms with Crippen LogP contribution in [0, 0.1) is 6.92 Å². The lowest BCUT2D eigenvalue weighted by molar-refractivity contribution is 0.328. The number of hydrogen-bond acceptors (Lipinski definition) is 2. The summed E-state index contributed by atoms with van der Waals surface area (Å²) in [7, 11) is 1.70. The lowest BCUT2D eigenvalue weighted by Gasteiger charge is -2.09. The second-order valence-electron chi connectivity index (χ2n) is 3.70. The minimum Gasteiger partial charge on any atom is -0.496 e. The number of hydrogen-bond donors (Lipinski definition) is 0. The highest BCUT2D eigenvalue weighted by Gasteiger charge is 2.41. The Morgan fingerprint density at radius 3 is 2.69 bits per heavy atom. The summed E-state index contributed by atoms with van der Waals surface area (Å²) in [5.41, 5.74) is 2.31. The molecule has 1 aliphatic rings. The minimum atomic E-state index is -0.0546. The number of ether oxygens (including phenoxy) is 2. The van der Waals surface area contributed by atoms with E-state index in [4.69, 9.17) is 9.47 Å². The SMILES string of the molecule is COc1cc(C2(C)CO2)ccc1C. The van der Waals surface area contributed by atoms with Crippen LogP contribution in [-0.2, 0) is 10.3 Å². The summed E-state index contributed by atoms with van der Waals surface area (Å²) in [6.45, 7) is 4.95. The zero-order valence-electron chi connectivity index (χ0n) is 8.26. The van der Waals surface area contributed by atoms with Gasteiger partial charge < -0.3 is 9.47 Å².